The molecule has 0 saturated carbocycles. The van der Waals surface area contributed by atoms with E-state index in [4.69, 9.17) is 10.7 Å². The first-order valence-corrected chi connectivity index (χ1v) is 8.24. The van der Waals surface area contributed by atoms with Gasteiger partial charge < -0.3 is 10.6 Å². The lowest BCUT2D eigenvalue weighted by atomic mass is 10.1. The van der Waals surface area contributed by atoms with E-state index >= 15 is 0 Å². The van der Waals surface area contributed by atoms with E-state index in [-0.39, 0.29) is 11.9 Å². The molecule has 1 aromatic heterocycles. The summed E-state index contributed by atoms with van der Waals surface area (Å²) in [7, 11) is 0. The molecular formula is C19H19FN4. The van der Waals surface area contributed by atoms with Gasteiger partial charge in [0.15, 0.2) is 0 Å². The van der Waals surface area contributed by atoms with Crippen LogP contribution in [0, 0.1) is 5.82 Å². The number of hydrogen-bond acceptors (Lipinski definition) is 4. The lowest BCUT2D eigenvalue weighted by Crippen LogP contribution is -2.43. The fourth-order valence-electron chi connectivity index (χ4n) is 3.26. The summed E-state index contributed by atoms with van der Waals surface area (Å²) >= 11 is 0. The molecule has 2 heterocycles. The Labute approximate surface area is 140 Å². The van der Waals surface area contributed by atoms with E-state index in [2.05, 4.69) is 9.88 Å². The molecule has 5 heteroatoms. The van der Waals surface area contributed by atoms with Crippen molar-refractivity contribution < 1.29 is 4.39 Å². The molecule has 1 atom stereocenters. The number of para-hydroxylation sites is 1. The summed E-state index contributed by atoms with van der Waals surface area (Å²) < 4.78 is 14.3. The van der Waals surface area contributed by atoms with Gasteiger partial charge in [-0.05, 0) is 31.0 Å². The minimum Gasteiger partial charge on any atom is -0.339 e. The van der Waals surface area contributed by atoms with Crippen LogP contribution in [0.3, 0.4) is 0 Å². The van der Waals surface area contributed by atoms with E-state index in [0.717, 1.165) is 36.8 Å². The molecule has 4 rings (SSSR count). The van der Waals surface area contributed by atoms with Gasteiger partial charge in [0, 0.05) is 30.1 Å². The van der Waals surface area contributed by atoms with Crippen LogP contribution in [0.4, 0.5) is 10.3 Å². The maximum atomic E-state index is 14.3. The van der Waals surface area contributed by atoms with E-state index in [0.29, 0.717) is 17.2 Å². The van der Waals surface area contributed by atoms with Gasteiger partial charge in [-0.1, -0.05) is 30.3 Å². The summed E-state index contributed by atoms with van der Waals surface area (Å²) in [6.07, 6.45) is 2.04. The molecule has 1 aliphatic rings. The van der Waals surface area contributed by atoms with Crippen molar-refractivity contribution in [1.29, 1.82) is 0 Å². The summed E-state index contributed by atoms with van der Waals surface area (Å²) in [5.74, 6) is 0.352. The molecule has 2 N–H and O–H groups in total. The van der Waals surface area contributed by atoms with E-state index in [1.54, 1.807) is 12.1 Å². The third kappa shape index (κ3) is 2.71. The molecule has 2 aromatic carbocycles. The fourth-order valence-corrected chi connectivity index (χ4v) is 3.26. The number of hydrogen-bond donors (Lipinski definition) is 1. The molecule has 1 aliphatic heterocycles. The first kappa shape index (κ1) is 15.0. The second-order valence-corrected chi connectivity index (χ2v) is 6.22. The molecule has 0 amide bonds. The van der Waals surface area contributed by atoms with Crippen molar-refractivity contribution in [3.05, 3.63) is 54.3 Å². The lowest BCUT2D eigenvalue weighted by molar-refractivity contribution is 0.500. The first-order valence-electron chi connectivity index (χ1n) is 8.24. The Morgan fingerprint density at radius 2 is 1.83 bits per heavy atom. The van der Waals surface area contributed by atoms with Crippen LogP contribution in [0.1, 0.15) is 12.8 Å². The number of anilines is 1. The molecule has 0 bridgehead atoms. The Morgan fingerprint density at radius 3 is 2.67 bits per heavy atom. The van der Waals surface area contributed by atoms with Crippen molar-refractivity contribution in [3.8, 4) is 11.3 Å². The average molecular weight is 322 g/mol. The molecular weight excluding hydrogens is 303 g/mol. The number of halogens is 1. The minimum atomic E-state index is -0.275. The van der Waals surface area contributed by atoms with Crippen molar-refractivity contribution in [2.75, 3.05) is 18.0 Å². The number of piperidine rings is 1. The van der Waals surface area contributed by atoms with Gasteiger partial charge in [-0.15, -0.1) is 0 Å². The number of nitrogens with zero attached hydrogens (tertiary/aromatic N) is 3. The molecule has 4 nitrogen and oxygen atoms in total. The third-order valence-corrected chi connectivity index (χ3v) is 4.46. The number of aromatic nitrogens is 2. The van der Waals surface area contributed by atoms with Crippen LogP contribution in [0.15, 0.2) is 48.5 Å². The largest absolute Gasteiger partial charge is 0.339 e. The van der Waals surface area contributed by atoms with E-state index in [1.165, 1.54) is 6.07 Å². The lowest BCUT2D eigenvalue weighted by Gasteiger charge is -2.31. The molecule has 0 aliphatic carbocycles. The maximum absolute atomic E-state index is 14.3. The highest BCUT2D eigenvalue weighted by molar-refractivity contribution is 5.93. The SMILES string of the molecule is NC1CCCN(c2nc(-c3ccccc3F)c3ccccc3n2)C1. The molecule has 1 saturated heterocycles. The second kappa shape index (κ2) is 6.17. The summed E-state index contributed by atoms with van der Waals surface area (Å²) in [5, 5.41) is 0.854. The monoisotopic (exact) mass is 322 g/mol. The molecule has 0 radical (unpaired) electrons. The Balaban J connectivity index is 1.90. The predicted molar refractivity (Wildman–Crippen MR) is 94.4 cm³/mol. The predicted octanol–water partition coefficient (Wildman–Crippen LogP) is 3.36. The normalized spacial score (nSPS) is 18.1. The Morgan fingerprint density at radius 1 is 1.04 bits per heavy atom. The van der Waals surface area contributed by atoms with Gasteiger partial charge in [-0.25, -0.2) is 14.4 Å². The summed E-state index contributed by atoms with van der Waals surface area (Å²) in [4.78, 5) is 11.5. The zero-order chi connectivity index (χ0) is 16.5. The van der Waals surface area contributed by atoms with Gasteiger partial charge in [-0.3, -0.25) is 0 Å². The number of fused-ring (bicyclic) bond motifs is 1. The Kier molecular flexibility index (Phi) is 3.86. The smallest absolute Gasteiger partial charge is 0.226 e. The van der Waals surface area contributed by atoms with Crippen LogP contribution in [-0.4, -0.2) is 29.1 Å². The van der Waals surface area contributed by atoms with Gasteiger partial charge in [0.1, 0.15) is 5.82 Å². The molecule has 24 heavy (non-hydrogen) atoms. The topological polar surface area (TPSA) is 55.0 Å². The van der Waals surface area contributed by atoms with Crippen LogP contribution in [0.2, 0.25) is 0 Å². The van der Waals surface area contributed by atoms with E-state index in [1.807, 2.05) is 30.3 Å². The van der Waals surface area contributed by atoms with Crippen molar-refractivity contribution in [1.82, 2.24) is 9.97 Å². The van der Waals surface area contributed by atoms with Gasteiger partial charge in [0.2, 0.25) is 5.95 Å². The van der Waals surface area contributed by atoms with Gasteiger partial charge >= 0.3 is 0 Å². The number of benzene rings is 2. The highest BCUT2D eigenvalue weighted by atomic mass is 19.1. The van der Waals surface area contributed by atoms with Crippen LogP contribution in [0.5, 0.6) is 0 Å². The maximum Gasteiger partial charge on any atom is 0.226 e. The summed E-state index contributed by atoms with van der Waals surface area (Å²) in [5.41, 5.74) is 8.04. The average Bonchev–Trinajstić information content (AvgIpc) is 2.61. The number of rotatable bonds is 2. The Hall–Kier alpha value is -2.53. The fraction of sp³-hybridized carbons (Fsp3) is 0.263. The van der Waals surface area contributed by atoms with Crippen LogP contribution >= 0.6 is 0 Å². The zero-order valence-corrected chi connectivity index (χ0v) is 13.3. The van der Waals surface area contributed by atoms with Crippen molar-refractivity contribution >= 4 is 16.9 Å². The zero-order valence-electron chi connectivity index (χ0n) is 13.3. The Bertz CT molecular complexity index is 880. The molecule has 3 aromatic rings. The molecule has 1 fully saturated rings. The van der Waals surface area contributed by atoms with E-state index < -0.39 is 0 Å². The van der Waals surface area contributed by atoms with Crippen LogP contribution in [-0.2, 0) is 0 Å². The highest BCUT2D eigenvalue weighted by Gasteiger charge is 2.21. The quantitative estimate of drug-likeness (QED) is 0.786. The van der Waals surface area contributed by atoms with Crippen LogP contribution < -0.4 is 10.6 Å². The van der Waals surface area contributed by atoms with Gasteiger partial charge in [0.25, 0.3) is 0 Å². The summed E-state index contributed by atoms with van der Waals surface area (Å²) in [6.45, 7) is 1.61. The third-order valence-electron chi connectivity index (χ3n) is 4.46. The number of nitrogens with two attached hydrogens (primary N) is 1. The summed E-state index contributed by atoms with van der Waals surface area (Å²) in [6, 6.07) is 14.6. The standard InChI is InChI=1S/C19H19FN4/c20-16-9-3-1-7-14(16)18-15-8-2-4-10-17(15)22-19(23-18)24-11-5-6-13(21)12-24/h1-4,7-10,13H,5-6,11-12,21H2. The first-order chi connectivity index (χ1) is 11.7. The highest BCUT2D eigenvalue weighted by Crippen LogP contribution is 2.30. The molecule has 1 unspecified atom stereocenters. The van der Waals surface area contributed by atoms with E-state index in [9.17, 15) is 4.39 Å². The van der Waals surface area contributed by atoms with Gasteiger partial charge in [0.05, 0.1) is 11.2 Å². The molecule has 0 spiro atoms. The second-order valence-electron chi connectivity index (χ2n) is 6.22. The van der Waals surface area contributed by atoms with Crippen molar-refractivity contribution in [2.45, 2.75) is 18.9 Å². The molecule has 122 valence electrons. The van der Waals surface area contributed by atoms with Crippen LogP contribution in [0.25, 0.3) is 22.2 Å². The van der Waals surface area contributed by atoms with Crippen molar-refractivity contribution in [3.63, 3.8) is 0 Å². The van der Waals surface area contributed by atoms with Gasteiger partial charge in [-0.2, -0.15) is 0 Å². The van der Waals surface area contributed by atoms with Crippen molar-refractivity contribution in [2.24, 2.45) is 5.73 Å². The minimum absolute atomic E-state index is 0.130.